The molecule has 2 aromatic rings. The first-order valence-electron chi connectivity index (χ1n) is 3.35. The van der Waals surface area contributed by atoms with Gasteiger partial charge in [0.1, 0.15) is 17.8 Å². The lowest BCUT2D eigenvalue weighted by Gasteiger charge is -1.97. The van der Waals surface area contributed by atoms with Gasteiger partial charge in [0.15, 0.2) is 0 Å². The summed E-state index contributed by atoms with van der Waals surface area (Å²) < 4.78 is 0. The summed E-state index contributed by atoms with van der Waals surface area (Å²) in [6, 6.07) is 1.74. The fraction of sp³-hybridized carbons (Fsp3) is 0.143. The summed E-state index contributed by atoms with van der Waals surface area (Å²) in [5, 5.41) is 5.32. The lowest BCUT2D eigenvalue weighted by atomic mass is 10.3. The number of hydrogen-bond donors (Lipinski definition) is 0. The van der Waals surface area contributed by atoms with E-state index in [0.717, 1.165) is 10.9 Å². The van der Waals surface area contributed by atoms with E-state index in [9.17, 15) is 0 Å². The molecule has 0 aromatic carbocycles. The van der Waals surface area contributed by atoms with Crippen LogP contribution in [0, 0.1) is 0 Å². The van der Waals surface area contributed by atoms with Crippen LogP contribution < -0.4 is 4.84 Å². The van der Waals surface area contributed by atoms with Crippen molar-refractivity contribution in [3.05, 3.63) is 23.6 Å². The number of rotatable bonds is 1. The van der Waals surface area contributed by atoms with E-state index in [1.807, 2.05) is 0 Å². The topological polar surface area (TPSA) is 39.9 Å². The third kappa shape index (κ3) is 1.00. The van der Waals surface area contributed by atoms with Crippen LogP contribution in [0.25, 0.3) is 10.9 Å². The van der Waals surface area contributed by atoms with Crippen molar-refractivity contribution >= 4 is 22.5 Å². The predicted octanol–water partition coefficient (Wildman–Crippen LogP) is 1.14. The Bertz CT molecular complexity index is 412. The van der Waals surface area contributed by atoms with Gasteiger partial charge in [-0.05, 0) is 6.07 Å². The molecular formula is C7H6ClN3O. The molecule has 0 atom stereocenters. The molecule has 0 N–H and O–H groups in total. The Morgan fingerprint density at radius 1 is 1.50 bits per heavy atom. The number of fused-ring (bicyclic) bond motifs is 1. The van der Waals surface area contributed by atoms with Crippen molar-refractivity contribution in [2.24, 2.45) is 0 Å². The smallest absolute Gasteiger partial charge is 0.129 e. The first kappa shape index (κ1) is 7.36. The molecule has 0 fully saturated rings. The summed E-state index contributed by atoms with van der Waals surface area (Å²) in [5.41, 5.74) is 0.807. The molecule has 2 rings (SSSR count). The quantitative estimate of drug-likeness (QED) is 0.623. The van der Waals surface area contributed by atoms with Crippen LogP contribution in [0.5, 0.6) is 0 Å². The van der Waals surface area contributed by atoms with Gasteiger partial charge in [-0.25, -0.2) is 4.98 Å². The van der Waals surface area contributed by atoms with Crippen LogP contribution in [0.4, 0.5) is 0 Å². The molecule has 0 aliphatic rings. The van der Waals surface area contributed by atoms with Crippen LogP contribution >= 0.6 is 11.6 Å². The zero-order valence-electron chi connectivity index (χ0n) is 6.36. The molecule has 0 amide bonds. The molecule has 0 saturated heterocycles. The Morgan fingerprint density at radius 3 is 3.08 bits per heavy atom. The maximum atomic E-state index is 5.68. The second-order valence-corrected chi connectivity index (χ2v) is 2.65. The van der Waals surface area contributed by atoms with Gasteiger partial charge < -0.3 is 4.84 Å². The Hall–Kier alpha value is -1.29. The van der Waals surface area contributed by atoms with Gasteiger partial charge in [0.25, 0.3) is 0 Å². The Morgan fingerprint density at radius 2 is 2.33 bits per heavy atom. The number of hydrogen-bond acceptors (Lipinski definition) is 3. The maximum absolute atomic E-state index is 5.68. The van der Waals surface area contributed by atoms with Crippen molar-refractivity contribution in [2.45, 2.75) is 0 Å². The highest BCUT2D eigenvalue weighted by atomic mass is 35.5. The summed E-state index contributed by atoms with van der Waals surface area (Å²) in [5.74, 6) is 0. The van der Waals surface area contributed by atoms with Crippen molar-refractivity contribution in [3.8, 4) is 0 Å². The third-order valence-electron chi connectivity index (χ3n) is 1.56. The second-order valence-electron chi connectivity index (χ2n) is 2.27. The molecule has 0 aliphatic carbocycles. The zero-order chi connectivity index (χ0) is 8.55. The van der Waals surface area contributed by atoms with Gasteiger partial charge in [0.2, 0.25) is 0 Å². The molecule has 2 heterocycles. The molecule has 0 radical (unpaired) electrons. The first-order chi connectivity index (χ1) is 5.81. The van der Waals surface area contributed by atoms with Crippen molar-refractivity contribution in [3.63, 3.8) is 0 Å². The molecule has 2 aromatic heterocycles. The Labute approximate surface area is 73.7 Å². The molecule has 0 spiro atoms. The van der Waals surface area contributed by atoms with Crippen LogP contribution in [0.1, 0.15) is 0 Å². The van der Waals surface area contributed by atoms with Crippen molar-refractivity contribution in [2.75, 3.05) is 7.11 Å². The third-order valence-corrected chi connectivity index (χ3v) is 1.77. The zero-order valence-corrected chi connectivity index (χ0v) is 7.12. The summed E-state index contributed by atoms with van der Waals surface area (Å²) in [6.07, 6.45) is 3.29. The minimum Gasteiger partial charge on any atom is -0.399 e. The average molecular weight is 184 g/mol. The fourth-order valence-electron chi connectivity index (χ4n) is 1.02. The highest BCUT2D eigenvalue weighted by Gasteiger charge is 2.02. The predicted molar refractivity (Wildman–Crippen MR) is 45.0 cm³/mol. The van der Waals surface area contributed by atoms with Gasteiger partial charge in [-0.2, -0.15) is 0 Å². The van der Waals surface area contributed by atoms with Crippen LogP contribution in [0.15, 0.2) is 18.5 Å². The SMILES string of the molecule is COn1ncc2cc(Cl)ncc21. The van der Waals surface area contributed by atoms with Crippen LogP contribution in [-0.2, 0) is 0 Å². The van der Waals surface area contributed by atoms with Gasteiger partial charge >= 0.3 is 0 Å². The van der Waals surface area contributed by atoms with E-state index in [2.05, 4.69) is 10.1 Å². The molecule has 5 heteroatoms. The van der Waals surface area contributed by atoms with Crippen molar-refractivity contribution in [1.82, 2.24) is 14.9 Å². The van der Waals surface area contributed by atoms with Gasteiger partial charge in [-0.3, -0.25) is 0 Å². The highest BCUT2D eigenvalue weighted by molar-refractivity contribution is 6.30. The van der Waals surface area contributed by atoms with Gasteiger partial charge in [-0.15, -0.1) is 5.10 Å². The lowest BCUT2D eigenvalue weighted by molar-refractivity contribution is 0.145. The number of halogens is 1. The molecule has 0 saturated carbocycles. The number of nitrogens with zero attached hydrogens (tertiary/aromatic N) is 3. The van der Waals surface area contributed by atoms with Crippen LogP contribution in [0.3, 0.4) is 0 Å². The summed E-state index contributed by atoms with van der Waals surface area (Å²) in [7, 11) is 1.54. The van der Waals surface area contributed by atoms with E-state index >= 15 is 0 Å². The maximum Gasteiger partial charge on any atom is 0.129 e. The normalized spacial score (nSPS) is 10.5. The van der Waals surface area contributed by atoms with E-state index in [4.69, 9.17) is 16.4 Å². The second kappa shape index (κ2) is 2.64. The standard InChI is InChI=1S/C7H6ClN3O/c1-12-11-6-4-9-7(8)2-5(6)3-10-11/h2-4H,1H3. The van der Waals surface area contributed by atoms with Gasteiger partial charge in [-0.1, -0.05) is 16.4 Å². The molecule has 0 unspecified atom stereocenters. The molecule has 0 bridgehead atoms. The molecule has 4 nitrogen and oxygen atoms in total. The van der Waals surface area contributed by atoms with E-state index in [-0.39, 0.29) is 0 Å². The average Bonchev–Trinajstić information content (AvgIpc) is 2.46. The largest absolute Gasteiger partial charge is 0.399 e. The molecule has 12 heavy (non-hydrogen) atoms. The molecule has 0 aliphatic heterocycles. The fourth-order valence-corrected chi connectivity index (χ4v) is 1.19. The van der Waals surface area contributed by atoms with Gasteiger partial charge in [0, 0.05) is 5.39 Å². The monoisotopic (exact) mass is 183 g/mol. The van der Waals surface area contributed by atoms with E-state index in [0.29, 0.717) is 5.15 Å². The van der Waals surface area contributed by atoms with Crippen molar-refractivity contribution in [1.29, 1.82) is 0 Å². The Balaban J connectivity index is 2.73. The molecule has 62 valence electrons. The van der Waals surface area contributed by atoms with Crippen molar-refractivity contribution < 1.29 is 4.84 Å². The molecular weight excluding hydrogens is 178 g/mol. The first-order valence-corrected chi connectivity index (χ1v) is 3.73. The minimum atomic E-state index is 0.457. The summed E-state index contributed by atoms with van der Waals surface area (Å²) in [6.45, 7) is 0. The van der Waals surface area contributed by atoms with Gasteiger partial charge in [0.05, 0.1) is 12.4 Å². The van der Waals surface area contributed by atoms with E-state index in [1.165, 1.54) is 4.85 Å². The number of pyridine rings is 1. The van der Waals surface area contributed by atoms with E-state index in [1.54, 1.807) is 25.6 Å². The minimum absolute atomic E-state index is 0.457. The van der Waals surface area contributed by atoms with E-state index < -0.39 is 0 Å². The summed E-state index contributed by atoms with van der Waals surface area (Å²) >= 11 is 5.68. The lowest BCUT2D eigenvalue weighted by Crippen LogP contribution is -2.06. The van der Waals surface area contributed by atoms with Crippen LogP contribution in [-0.4, -0.2) is 22.0 Å². The Kier molecular flexibility index (Phi) is 1.62. The van der Waals surface area contributed by atoms with Crippen LogP contribution in [0.2, 0.25) is 5.15 Å². The highest BCUT2D eigenvalue weighted by Crippen LogP contribution is 2.14. The number of aromatic nitrogens is 3. The summed E-state index contributed by atoms with van der Waals surface area (Å²) in [4.78, 5) is 10.2.